The summed E-state index contributed by atoms with van der Waals surface area (Å²) < 4.78 is 6.76. The maximum Gasteiger partial charge on any atom is 0.252 e. The molecule has 0 saturated carbocycles. The van der Waals surface area contributed by atoms with Crippen molar-refractivity contribution in [2.75, 3.05) is 12.4 Å². The van der Waals surface area contributed by atoms with Crippen molar-refractivity contribution in [1.29, 1.82) is 0 Å². The van der Waals surface area contributed by atoms with Crippen LogP contribution in [0, 0.1) is 0 Å². The molecule has 30 heavy (non-hydrogen) atoms. The fraction of sp³-hybridized carbons (Fsp3) is 0.174. The quantitative estimate of drug-likeness (QED) is 0.587. The first-order valence-electron chi connectivity index (χ1n) is 9.28. The Morgan fingerprint density at radius 1 is 1.07 bits per heavy atom. The number of Topliss-reactive ketones (excluding diaryl/α,β-unsaturated/α-hetero) is 1. The van der Waals surface area contributed by atoms with Crippen molar-refractivity contribution >= 4 is 29.0 Å². The van der Waals surface area contributed by atoms with Gasteiger partial charge in [-0.05, 0) is 49.7 Å². The van der Waals surface area contributed by atoms with Crippen molar-refractivity contribution in [3.63, 3.8) is 0 Å². The summed E-state index contributed by atoms with van der Waals surface area (Å²) in [5, 5.41) is 3.21. The molecule has 0 aliphatic heterocycles. The van der Waals surface area contributed by atoms with Crippen molar-refractivity contribution < 1.29 is 14.3 Å². The fourth-order valence-corrected chi connectivity index (χ4v) is 3.32. The van der Waals surface area contributed by atoms with Crippen molar-refractivity contribution in [1.82, 2.24) is 4.57 Å². The number of carbonyl (C=O) groups excluding carboxylic acids is 2. The standard InChI is InChI=1S/C23H21ClN2O4/c1-14(23(29)25-17-7-5-4-6-8-17)26-13-21(30-3)20(12-22(26)28)19-11-16(24)9-10-18(19)15(2)27/h4-14H,1-3H3,(H,25,29). The van der Waals surface area contributed by atoms with E-state index in [1.165, 1.54) is 30.9 Å². The molecule has 0 radical (unpaired) electrons. The lowest BCUT2D eigenvalue weighted by atomic mass is 9.97. The van der Waals surface area contributed by atoms with Crippen LogP contribution in [0.5, 0.6) is 5.75 Å². The zero-order valence-corrected chi connectivity index (χ0v) is 17.6. The molecule has 1 aromatic heterocycles. The first-order valence-corrected chi connectivity index (χ1v) is 9.66. The predicted octanol–water partition coefficient (Wildman–Crippen LogP) is 4.58. The highest BCUT2D eigenvalue weighted by molar-refractivity contribution is 6.31. The highest BCUT2D eigenvalue weighted by Gasteiger charge is 2.21. The Balaban J connectivity index is 2.03. The number of nitrogens with one attached hydrogen (secondary N) is 1. The predicted molar refractivity (Wildman–Crippen MR) is 117 cm³/mol. The highest BCUT2D eigenvalue weighted by Crippen LogP contribution is 2.33. The monoisotopic (exact) mass is 424 g/mol. The smallest absolute Gasteiger partial charge is 0.252 e. The van der Waals surface area contributed by atoms with Crippen molar-refractivity contribution in [3.8, 4) is 16.9 Å². The molecule has 1 amide bonds. The number of ether oxygens (including phenoxy) is 1. The van der Waals surface area contributed by atoms with Crippen LogP contribution in [0.15, 0.2) is 65.6 Å². The zero-order chi connectivity index (χ0) is 21.8. The van der Waals surface area contributed by atoms with Crippen LogP contribution in [0.4, 0.5) is 5.69 Å². The molecule has 0 spiro atoms. The van der Waals surface area contributed by atoms with Crippen LogP contribution >= 0.6 is 11.6 Å². The Hall–Kier alpha value is -3.38. The lowest BCUT2D eigenvalue weighted by Crippen LogP contribution is -2.31. The third-order valence-corrected chi connectivity index (χ3v) is 4.99. The SMILES string of the molecule is COc1cn(C(C)C(=O)Nc2ccccc2)c(=O)cc1-c1cc(Cl)ccc1C(C)=O. The molecular formula is C23H21ClN2O4. The van der Waals surface area contributed by atoms with Crippen LogP contribution in [-0.4, -0.2) is 23.4 Å². The summed E-state index contributed by atoms with van der Waals surface area (Å²) in [5.74, 6) is -0.160. The Kier molecular flexibility index (Phi) is 6.37. The van der Waals surface area contributed by atoms with Crippen LogP contribution in [0.1, 0.15) is 30.2 Å². The maximum absolute atomic E-state index is 12.9. The van der Waals surface area contributed by atoms with Gasteiger partial charge >= 0.3 is 0 Å². The number of ketones is 1. The summed E-state index contributed by atoms with van der Waals surface area (Å²) in [6.07, 6.45) is 1.47. The van der Waals surface area contributed by atoms with E-state index in [9.17, 15) is 14.4 Å². The van der Waals surface area contributed by atoms with E-state index >= 15 is 0 Å². The summed E-state index contributed by atoms with van der Waals surface area (Å²) in [7, 11) is 1.46. The number of pyridine rings is 1. The number of methoxy groups -OCH3 is 1. The van der Waals surface area contributed by atoms with E-state index in [0.29, 0.717) is 33.1 Å². The van der Waals surface area contributed by atoms with Gasteiger partial charge < -0.3 is 10.1 Å². The van der Waals surface area contributed by atoms with E-state index in [2.05, 4.69) is 5.32 Å². The molecular weight excluding hydrogens is 404 g/mol. The summed E-state index contributed by atoms with van der Waals surface area (Å²) in [5.41, 5.74) is 1.58. The number of aromatic nitrogens is 1. The molecule has 6 nitrogen and oxygen atoms in total. The molecule has 0 fully saturated rings. The van der Waals surface area contributed by atoms with Crippen LogP contribution in [-0.2, 0) is 4.79 Å². The minimum Gasteiger partial charge on any atom is -0.495 e. The molecule has 3 aromatic rings. The Bertz CT molecular complexity index is 1160. The van der Waals surface area contributed by atoms with Crippen LogP contribution in [0.3, 0.4) is 0 Å². The number of halogens is 1. The number of carbonyl (C=O) groups is 2. The number of nitrogens with zero attached hydrogens (tertiary/aromatic N) is 1. The van der Waals surface area contributed by atoms with Crippen LogP contribution in [0.2, 0.25) is 5.02 Å². The van der Waals surface area contributed by atoms with Gasteiger partial charge in [-0.25, -0.2) is 0 Å². The lowest BCUT2D eigenvalue weighted by molar-refractivity contribution is -0.118. The maximum atomic E-state index is 12.9. The molecule has 7 heteroatoms. The van der Waals surface area contributed by atoms with Gasteiger partial charge in [-0.1, -0.05) is 29.8 Å². The third kappa shape index (κ3) is 4.44. The van der Waals surface area contributed by atoms with E-state index in [0.717, 1.165) is 0 Å². The molecule has 1 N–H and O–H groups in total. The fourth-order valence-electron chi connectivity index (χ4n) is 3.15. The Labute approximate surface area is 179 Å². The zero-order valence-electron chi connectivity index (χ0n) is 16.8. The van der Waals surface area contributed by atoms with Gasteiger partial charge in [0, 0.05) is 27.9 Å². The van der Waals surface area contributed by atoms with E-state index in [1.807, 2.05) is 18.2 Å². The summed E-state index contributed by atoms with van der Waals surface area (Å²) in [6, 6.07) is 14.4. The second-order valence-corrected chi connectivity index (χ2v) is 7.21. The lowest BCUT2D eigenvalue weighted by Gasteiger charge is -2.18. The molecule has 3 rings (SSSR count). The molecule has 0 bridgehead atoms. The molecule has 1 atom stereocenters. The van der Waals surface area contributed by atoms with Crippen LogP contribution < -0.4 is 15.6 Å². The second-order valence-electron chi connectivity index (χ2n) is 6.78. The summed E-state index contributed by atoms with van der Waals surface area (Å²) in [6.45, 7) is 3.07. The normalized spacial score (nSPS) is 11.6. The summed E-state index contributed by atoms with van der Waals surface area (Å²) >= 11 is 6.12. The molecule has 1 heterocycles. The number of hydrogen-bond donors (Lipinski definition) is 1. The van der Waals surface area contributed by atoms with Crippen LogP contribution in [0.25, 0.3) is 11.1 Å². The van der Waals surface area contributed by atoms with Crippen molar-refractivity contribution in [2.24, 2.45) is 0 Å². The number of anilines is 1. The molecule has 154 valence electrons. The average Bonchev–Trinajstić information content (AvgIpc) is 2.73. The Morgan fingerprint density at radius 2 is 1.77 bits per heavy atom. The highest BCUT2D eigenvalue weighted by atomic mass is 35.5. The number of para-hydroxylation sites is 1. The topological polar surface area (TPSA) is 77.4 Å². The van der Waals surface area contributed by atoms with E-state index < -0.39 is 11.6 Å². The van der Waals surface area contributed by atoms with Crippen molar-refractivity contribution in [3.05, 3.63) is 81.7 Å². The van der Waals surface area contributed by atoms with Gasteiger partial charge in [0.25, 0.3) is 5.56 Å². The average molecular weight is 425 g/mol. The largest absolute Gasteiger partial charge is 0.495 e. The van der Waals surface area contributed by atoms with Gasteiger partial charge in [0.1, 0.15) is 11.8 Å². The number of benzene rings is 2. The van der Waals surface area contributed by atoms with Gasteiger partial charge in [0.05, 0.1) is 13.3 Å². The van der Waals surface area contributed by atoms with E-state index in [-0.39, 0.29) is 11.7 Å². The minimum absolute atomic E-state index is 0.163. The van der Waals surface area contributed by atoms with E-state index in [1.54, 1.807) is 37.3 Å². The summed E-state index contributed by atoms with van der Waals surface area (Å²) in [4.78, 5) is 37.5. The Morgan fingerprint density at radius 3 is 2.40 bits per heavy atom. The molecule has 2 aromatic carbocycles. The van der Waals surface area contributed by atoms with Gasteiger partial charge in [-0.15, -0.1) is 0 Å². The molecule has 0 aliphatic carbocycles. The van der Waals surface area contributed by atoms with Gasteiger partial charge in [0.2, 0.25) is 5.91 Å². The van der Waals surface area contributed by atoms with Gasteiger partial charge in [-0.2, -0.15) is 0 Å². The molecule has 1 unspecified atom stereocenters. The second kappa shape index (κ2) is 8.97. The van der Waals surface area contributed by atoms with Gasteiger partial charge in [-0.3, -0.25) is 19.0 Å². The van der Waals surface area contributed by atoms with Crippen molar-refractivity contribution in [2.45, 2.75) is 19.9 Å². The minimum atomic E-state index is -0.785. The van der Waals surface area contributed by atoms with Gasteiger partial charge in [0.15, 0.2) is 5.78 Å². The number of amides is 1. The third-order valence-electron chi connectivity index (χ3n) is 4.75. The first kappa shape index (κ1) is 21.3. The molecule has 0 saturated heterocycles. The molecule has 0 aliphatic rings. The number of hydrogen-bond acceptors (Lipinski definition) is 4. The number of rotatable bonds is 6. The first-order chi connectivity index (χ1) is 14.3. The van der Waals surface area contributed by atoms with E-state index in [4.69, 9.17) is 16.3 Å².